The second kappa shape index (κ2) is 8.76. The van der Waals surface area contributed by atoms with Gasteiger partial charge in [-0.1, -0.05) is 0 Å². The molecule has 0 aliphatic rings. The van der Waals surface area contributed by atoms with Gasteiger partial charge in [0.2, 0.25) is 0 Å². The van der Waals surface area contributed by atoms with E-state index in [2.05, 4.69) is 10.6 Å². The topological polar surface area (TPSA) is 84.3 Å². The van der Waals surface area contributed by atoms with E-state index in [0.29, 0.717) is 11.6 Å². The molecule has 0 aliphatic carbocycles. The summed E-state index contributed by atoms with van der Waals surface area (Å²) < 4.78 is 38.0. The second-order valence-electron chi connectivity index (χ2n) is 5.40. The third kappa shape index (κ3) is 5.61. The Kier molecular flexibility index (Phi) is 6.67. The smallest absolute Gasteiger partial charge is 0.378 e. The van der Waals surface area contributed by atoms with Crippen molar-refractivity contribution in [1.29, 1.82) is 0 Å². The van der Waals surface area contributed by atoms with E-state index in [4.69, 9.17) is 0 Å². The predicted octanol–water partition coefficient (Wildman–Crippen LogP) is 4.18. The molecular formula is C17H16F3N3O3S. The standard InChI is InChI=1S/C17H16F3N3O3S/c1-27-13-5-2-11(3-6-13)16(24)22-9-8-21-14-7-4-12(17(18,19)20)10-15(14)23(25)26/h2-7,10,21H,8-9H2,1H3,(H,22,24). The molecule has 1 amide bonds. The first kappa shape index (κ1) is 20.6. The number of nitrogens with zero attached hydrogens (tertiary/aromatic N) is 1. The number of nitro groups is 1. The Morgan fingerprint density at radius 3 is 2.37 bits per heavy atom. The molecule has 0 spiro atoms. The molecule has 0 radical (unpaired) electrons. The molecule has 2 aromatic rings. The van der Waals surface area contributed by atoms with Crippen molar-refractivity contribution in [3.63, 3.8) is 0 Å². The van der Waals surface area contributed by atoms with Crippen molar-refractivity contribution in [1.82, 2.24) is 5.32 Å². The summed E-state index contributed by atoms with van der Waals surface area (Å²) in [4.78, 5) is 23.1. The number of anilines is 1. The maximum absolute atomic E-state index is 12.7. The highest BCUT2D eigenvalue weighted by atomic mass is 32.2. The first-order valence-electron chi connectivity index (χ1n) is 7.74. The van der Waals surface area contributed by atoms with Crippen LogP contribution in [0.3, 0.4) is 0 Å². The first-order valence-corrected chi connectivity index (χ1v) is 8.96. The molecule has 0 heterocycles. The maximum Gasteiger partial charge on any atom is 0.416 e. The first-order chi connectivity index (χ1) is 12.7. The number of halogens is 3. The number of nitrogens with one attached hydrogen (secondary N) is 2. The minimum Gasteiger partial charge on any atom is -0.378 e. The number of hydrogen-bond donors (Lipinski definition) is 2. The average molecular weight is 399 g/mol. The van der Waals surface area contributed by atoms with Crippen LogP contribution in [0.4, 0.5) is 24.5 Å². The number of benzene rings is 2. The predicted molar refractivity (Wildman–Crippen MR) is 97.1 cm³/mol. The number of hydrogen-bond acceptors (Lipinski definition) is 5. The Morgan fingerprint density at radius 1 is 1.15 bits per heavy atom. The molecule has 2 aromatic carbocycles. The van der Waals surface area contributed by atoms with Crippen molar-refractivity contribution in [3.8, 4) is 0 Å². The van der Waals surface area contributed by atoms with Crippen LogP contribution in [-0.2, 0) is 6.18 Å². The Morgan fingerprint density at radius 2 is 1.81 bits per heavy atom. The largest absolute Gasteiger partial charge is 0.416 e. The highest BCUT2D eigenvalue weighted by molar-refractivity contribution is 7.98. The van der Waals surface area contributed by atoms with Crippen LogP contribution in [0.25, 0.3) is 0 Å². The van der Waals surface area contributed by atoms with Crippen molar-refractivity contribution in [2.24, 2.45) is 0 Å². The van der Waals surface area contributed by atoms with Gasteiger partial charge in [0.05, 0.1) is 10.5 Å². The summed E-state index contributed by atoms with van der Waals surface area (Å²) in [5.74, 6) is -0.314. The van der Waals surface area contributed by atoms with Crippen molar-refractivity contribution in [3.05, 3.63) is 63.7 Å². The molecule has 6 nitrogen and oxygen atoms in total. The number of amides is 1. The number of rotatable bonds is 7. The van der Waals surface area contributed by atoms with Gasteiger partial charge in [0.1, 0.15) is 5.69 Å². The van der Waals surface area contributed by atoms with E-state index >= 15 is 0 Å². The Labute approximate surface area is 157 Å². The van der Waals surface area contributed by atoms with E-state index in [0.717, 1.165) is 17.0 Å². The fourth-order valence-corrected chi connectivity index (χ4v) is 2.63. The van der Waals surface area contributed by atoms with E-state index < -0.39 is 22.4 Å². The highest BCUT2D eigenvalue weighted by Gasteiger charge is 2.32. The van der Waals surface area contributed by atoms with Gasteiger partial charge in [-0.05, 0) is 42.7 Å². The molecule has 0 aliphatic heterocycles. The number of nitro benzene ring substituents is 1. The van der Waals surface area contributed by atoms with Crippen molar-refractivity contribution in [2.45, 2.75) is 11.1 Å². The maximum atomic E-state index is 12.7. The molecule has 0 saturated carbocycles. The van der Waals surface area contributed by atoms with E-state index in [1.807, 2.05) is 18.4 Å². The second-order valence-corrected chi connectivity index (χ2v) is 6.28. The molecule has 10 heteroatoms. The van der Waals surface area contributed by atoms with E-state index in [1.54, 1.807) is 23.9 Å². The number of thioether (sulfide) groups is 1. The molecule has 0 saturated heterocycles. The van der Waals surface area contributed by atoms with Gasteiger partial charge in [0.15, 0.2) is 0 Å². The highest BCUT2D eigenvalue weighted by Crippen LogP contribution is 2.34. The van der Waals surface area contributed by atoms with Crippen LogP contribution in [0.1, 0.15) is 15.9 Å². The molecule has 27 heavy (non-hydrogen) atoms. The summed E-state index contributed by atoms with van der Waals surface area (Å²) in [6.45, 7) is 0.252. The quantitative estimate of drug-likeness (QED) is 0.316. The van der Waals surface area contributed by atoms with Crippen molar-refractivity contribution >= 4 is 29.0 Å². The van der Waals surface area contributed by atoms with Gasteiger partial charge in [0.25, 0.3) is 11.6 Å². The van der Waals surface area contributed by atoms with Gasteiger partial charge in [-0.2, -0.15) is 13.2 Å². The molecule has 0 atom stereocenters. The Hall–Kier alpha value is -2.75. The van der Waals surface area contributed by atoms with Crippen LogP contribution in [0.5, 0.6) is 0 Å². The molecule has 2 rings (SSSR count). The van der Waals surface area contributed by atoms with Crippen molar-refractivity contribution < 1.29 is 22.9 Å². The third-order valence-corrected chi connectivity index (χ3v) is 4.34. The zero-order chi connectivity index (χ0) is 20.0. The van der Waals surface area contributed by atoms with E-state index in [1.165, 1.54) is 0 Å². The average Bonchev–Trinajstić information content (AvgIpc) is 2.64. The van der Waals surface area contributed by atoms with Crippen LogP contribution in [0.2, 0.25) is 0 Å². The lowest BCUT2D eigenvalue weighted by atomic mass is 10.1. The number of carbonyl (C=O) groups excluding carboxylic acids is 1. The number of alkyl halides is 3. The van der Waals surface area contributed by atoms with Crippen LogP contribution in [0, 0.1) is 10.1 Å². The van der Waals surface area contributed by atoms with Crippen LogP contribution in [-0.4, -0.2) is 30.2 Å². The summed E-state index contributed by atoms with van der Waals surface area (Å²) in [6.07, 6.45) is -2.75. The van der Waals surface area contributed by atoms with Gasteiger partial charge < -0.3 is 10.6 Å². The Bertz CT molecular complexity index is 826. The summed E-state index contributed by atoms with van der Waals surface area (Å²) in [5, 5.41) is 16.3. The normalized spacial score (nSPS) is 11.1. The van der Waals surface area contributed by atoms with Crippen LogP contribution < -0.4 is 10.6 Å². The summed E-state index contributed by atoms with van der Waals surface area (Å²) in [6, 6.07) is 9.22. The van der Waals surface area contributed by atoms with Gasteiger partial charge in [0, 0.05) is 29.6 Å². The summed E-state index contributed by atoms with van der Waals surface area (Å²) in [5.41, 5.74) is -1.36. The molecule has 0 bridgehead atoms. The molecule has 144 valence electrons. The SMILES string of the molecule is CSc1ccc(C(=O)NCCNc2ccc(C(F)(F)F)cc2[N+](=O)[O-])cc1. The molecule has 0 fully saturated rings. The van der Waals surface area contributed by atoms with Crippen molar-refractivity contribution in [2.75, 3.05) is 24.7 Å². The monoisotopic (exact) mass is 399 g/mol. The lowest BCUT2D eigenvalue weighted by Gasteiger charge is -2.11. The lowest BCUT2D eigenvalue weighted by molar-refractivity contribution is -0.384. The Balaban J connectivity index is 1.94. The van der Waals surface area contributed by atoms with E-state index in [9.17, 15) is 28.1 Å². The molecule has 0 unspecified atom stereocenters. The van der Waals surface area contributed by atoms with Crippen LogP contribution >= 0.6 is 11.8 Å². The zero-order valence-corrected chi connectivity index (χ0v) is 15.0. The molecule has 2 N–H and O–H groups in total. The molecular weight excluding hydrogens is 383 g/mol. The lowest BCUT2D eigenvalue weighted by Crippen LogP contribution is -2.28. The summed E-state index contributed by atoms with van der Waals surface area (Å²) in [7, 11) is 0. The van der Waals surface area contributed by atoms with Gasteiger partial charge in [-0.3, -0.25) is 14.9 Å². The van der Waals surface area contributed by atoms with E-state index in [-0.39, 0.29) is 24.7 Å². The zero-order valence-electron chi connectivity index (χ0n) is 14.2. The van der Waals surface area contributed by atoms with Gasteiger partial charge >= 0.3 is 6.18 Å². The van der Waals surface area contributed by atoms with Gasteiger partial charge in [-0.15, -0.1) is 11.8 Å². The third-order valence-electron chi connectivity index (χ3n) is 3.60. The fourth-order valence-electron chi connectivity index (χ4n) is 2.23. The number of carbonyl (C=O) groups is 1. The summed E-state index contributed by atoms with van der Waals surface area (Å²) >= 11 is 1.55. The van der Waals surface area contributed by atoms with Crippen LogP contribution in [0.15, 0.2) is 47.4 Å². The fraction of sp³-hybridized carbons (Fsp3) is 0.235. The minimum atomic E-state index is -4.66. The minimum absolute atomic E-state index is 0.0495. The molecule has 0 aromatic heterocycles. The van der Waals surface area contributed by atoms with Gasteiger partial charge in [-0.25, -0.2) is 0 Å².